The highest BCUT2D eigenvalue weighted by atomic mass is 35.5. The quantitative estimate of drug-likeness (QED) is 0.744. The molecule has 4 nitrogen and oxygen atoms in total. The van der Waals surface area contributed by atoms with Gasteiger partial charge in [-0.25, -0.2) is 0 Å². The zero-order valence-corrected chi connectivity index (χ0v) is 12.6. The first kappa shape index (κ1) is 13.5. The van der Waals surface area contributed by atoms with E-state index in [0.29, 0.717) is 5.76 Å². The van der Waals surface area contributed by atoms with Crippen molar-refractivity contribution in [3.63, 3.8) is 0 Å². The number of rotatable bonds is 2. The van der Waals surface area contributed by atoms with Crippen LogP contribution in [0.3, 0.4) is 0 Å². The van der Waals surface area contributed by atoms with Crippen molar-refractivity contribution in [3.8, 4) is 0 Å². The lowest BCUT2D eigenvalue weighted by Crippen LogP contribution is -2.30. The summed E-state index contributed by atoms with van der Waals surface area (Å²) >= 11 is 6.11. The third-order valence-electron chi connectivity index (χ3n) is 4.22. The standard InChI is InChI=1S/C17H15ClN2O2/c18-10-6-7-13-12(9-10)11-3-1-4-14(16(11)19-13)20-17(21)15-5-2-8-22-15/h2,5-9,14,19H,1,3-4H2,(H,20,21). The van der Waals surface area contributed by atoms with Gasteiger partial charge in [-0.15, -0.1) is 0 Å². The number of fused-ring (bicyclic) bond motifs is 3. The molecule has 22 heavy (non-hydrogen) atoms. The molecular formula is C17H15ClN2O2. The van der Waals surface area contributed by atoms with Gasteiger partial charge in [0.1, 0.15) is 0 Å². The number of benzene rings is 1. The number of aryl methyl sites for hydroxylation is 1. The van der Waals surface area contributed by atoms with Crippen LogP contribution in [-0.2, 0) is 6.42 Å². The number of H-pyrrole nitrogens is 1. The van der Waals surface area contributed by atoms with E-state index in [2.05, 4.69) is 10.3 Å². The Labute approximate surface area is 132 Å². The van der Waals surface area contributed by atoms with Gasteiger partial charge in [-0.2, -0.15) is 0 Å². The highest BCUT2D eigenvalue weighted by Crippen LogP contribution is 2.35. The number of carbonyl (C=O) groups excluding carboxylic acids is 1. The normalized spacial score (nSPS) is 17.4. The molecule has 0 aliphatic heterocycles. The number of amides is 1. The average Bonchev–Trinajstić information content (AvgIpc) is 3.15. The summed E-state index contributed by atoms with van der Waals surface area (Å²) in [6.45, 7) is 0. The maximum absolute atomic E-state index is 12.2. The van der Waals surface area contributed by atoms with Crippen LogP contribution in [0.4, 0.5) is 0 Å². The fraction of sp³-hybridized carbons (Fsp3) is 0.235. The van der Waals surface area contributed by atoms with Gasteiger partial charge < -0.3 is 14.7 Å². The first-order chi connectivity index (χ1) is 10.7. The zero-order valence-electron chi connectivity index (χ0n) is 11.9. The van der Waals surface area contributed by atoms with E-state index < -0.39 is 0 Å². The minimum Gasteiger partial charge on any atom is -0.459 e. The molecule has 1 aliphatic carbocycles. The number of carbonyl (C=O) groups is 1. The SMILES string of the molecule is O=C(NC1CCCc2c1[nH]c1ccc(Cl)cc21)c1ccco1. The molecule has 0 saturated heterocycles. The molecule has 1 atom stereocenters. The largest absolute Gasteiger partial charge is 0.459 e. The van der Waals surface area contributed by atoms with Gasteiger partial charge in [0.05, 0.1) is 12.3 Å². The van der Waals surface area contributed by atoms with E-state index >= 15 is 0 Å². The van der Waals surface area contributed by atoms with Crippen molar-refractivity contribution in [2.75, 3.05) is 0 Å². The van der Waals surface area contributed by atoms with E-state index in [-0.39, 0.29) is 11.9 Å². The molecule has 1 aromatic carbocycles. The van der Waals surface area contributed by atoms with Gasteiger partial charge in [0.2, 0.25) is 0 Å². The molecule has 5 heteroatoms. The molecule has 1 unspecified atom stereocenters. The Hall–Kier alpha value is -2.20. The molecule has 4 rings (SSSR count). The van der Waals surface area contributed by atoms with Crippen molar-refractivity contribution in [2.24, 2.45) is 0 Å². The third kappa shape index (κ3) is 2.20. The third-order valence-corrected chi connectivity index (χ3v) is 4.45. The van der Waals surface area contributed by atoms with Crippen LogP contribution in [0.5, 0.6) is 0 Å². The Morgan fingerprint density at radius 2 is 2.27 bits per heavy atom. The van der Waals surface area contributed by atoms with E-state index in [1.165, 1.54) is 11.8 Å². The van der Waals surface area contributed by atoms with Crippen molar-refractivity contribution in [2.45, 2.75) is 25.3 Å². The van der Waals surface area contributed by atoms with Crippen LogP contribution in [0.25, 0.3) is 10.9 Å². The Balaban J connectivity index is 1.70. The number of hydrogen-bond acceptors (Lipinski definition) is 2. The summed E-state index contributed by atoms with van der Waals surface area (Å²) in [4.78, 5) is 15.7. The maximum Gasteiger partial charge on any atom is 0.287 e. The van der Waals surface area contributed by atoms with Gasteiger partial charge in [0.15, 0.2) is 5.76 Å². The fourth-order valence-corrected chi connectivity index (χ4v) is 3.39. The first-order valence-electron chi connectivity index (χ1n) is 7.37. The molecule has 112 valence electrons. The van der Waals surface area contributed by atoms with Crippen molar-refractivity contribution in [1.82, 2.24) is 10.3 Å². The summed E-state index contributed by atoms with van der Waals surface area (Å²) in [5.41, 5.74) is 3.41. The summed E-state index contributed by atoms with van der Waals surface area (Å²) in [6, 6.07) is 9.22. The smallest absolute Gasteiger partial charge is 0.287 e. The van der Waals surface area contributed by atoms with Crippen LogP contribution < -0.4 is 5.32 Å². The molecule has 1 amide bonds. The Kier molecular flexibility index (Phi) is 3.19. The second-order valence-electron chi connectivity index (χ2n) is 5.60. The lowest BCUT2D eigenvalue weighted by Gasteiger charge is -2.23. The van der Waals surface area contributed by atoms with Gasteiger partial charge in [-0.3, -0.25) is 4.79 Å². The van der Waals surface area contributed by atoms with Crippen LogP contribution in [0, 0.1) is 0 Å². The summed E-state index contributed by atoms with van der Waals surface area (Å²) < 4.78 is 5.16. The van der Waals surface area contributed by atoms with Gasteiger partial charge >= 0.3 is 0 Å². The number of aromatic amines is 1. The molecule has 0 radical (unpaired) electrons. The number of halogens is 1. The number of nitrogens with one attached hydrogen (secondary N) is 2. The van der Waals surface area contributed by atoms with Gasteiger partial charge in [0.25, 0.3) is 5.91 Å². The predicted octanol–water partition coefficient (Wildman–Crippen LogP) is 4.22. The Morgan fingerprint density at radius 3 is 3.09 bits per heavy atom. The van der Waals surface area contributed by atoms with Crippen molar-refractivity contribution in [1.29, 1.82) is 0 Å². The minimum atomic E-state index is -0.181. The molecule has 3 aromatic rings. The summed E-state index contributed by atoms with van der Waals surface area (Å²) in [5.74, 6) is 0.158. The molecule has 2 aromatic heterocycles. The highest BCUT2D eigenvalue weighted by molar-refractivity contribution is 6.31. The van der Waals surface area contributed by atoms with Gasteiger partial charge in [-0.1, -0.05) is 11.6 Å². The lowest BCUT2D eigenvalue weighted by molar-refractivity contribution is 0.0904. The number of furan rings is 1. The van der Waals surface area contributed by atoms with Gasteiger partial charge in [-0.05, 0) is 55.2 Å². The molecule has 1 aliphatic rings. The van der Waals surface area contributed by atoms with E-state index in [0.717, 1.165) is 40.9 Å². The fourth-order valence-electron chi connectivity index (χ4n) is 3.22. The Morgan fingerprint density at radius 1 is 1.36 bits per heavy atom. The summed E-state index contributed by atoms with van der Waals surface area (Å²) in [5, 5.41) is 4.94. The number of aromatic nitrogens is 1. The Bertz CT molecular complexity index is 836. The van der Waals surface area contributed by atoms with Crippen LogP contribution >= 0.6 is 11.6 Å². The maximum atomic E-state index is 12.2. The summed E-state index contributed by atoms with van der Waals surface area (Å²) in [6.07, 6.45) is 4.46. The molecule has 0 bridgehead atoms. The molecule has 0 saturated carbocycles. The topological polar surface area (TPSA) is 58.0 Å². The van der Waals surface area contributed by atoms with Crippen LogP contribution in [0.2, 0.25) is 5.02 Å². The van der Waals surface area contributed by atoms with E-state index in [9.17, 15) is 4.79 Å². The van der Waals surface area contributed by atoms with Crippen LogP contribution in [0.1, 0.15) is 40.7 Å². The highest BCUT2D eigenvalue weighted by Gasteiger charge is 2.26. The average molecular weight is 315 g/mol. The molecule has 2 N–H and O–H groups in total. The van der Waals surface area contributed by atoms with E-state index in [1.54, 1.807) is 12.1 Å². The minimum absolute atomic E-state index is 0.0208. The van der Waals surface area contributed by atoms with E-state index in [1.807, 2.05) is 18.2 Å². The molecule has 2 heterocycles. The molecule has 0 spiro atoms. The van der Waals surface area contributed by atoms with Gasteiger partial charge in [0, 0.05) is 21.6 Å². The molecular weight excluding hydrogens is 300 g/mol. The van der Waals surface area contributed by atoms with E-state index in [4.69, 9.17) is 16.0 Å². The second-order valence-corrected chi connectivity index (χ2v) is 6.04. The molecule has 0 fully saturated rings. The van der Waals surface area contributed by atoms with Crippen molar-refractivity contribution >= 4 is 28.4 Å². The first-order valence-corrected chi connectivity index (χ1v) is 7.74. The van der Waals surface area contributed by atoms with Crippen LogP contribution in [-0.4, -0.2) is 10.9 Å². The summed E-state index contributed by atoms with van der Waals surface area (Å²) in [7, 11) is 0. The monoisotopic (exact) mass is 314 g/mol. The zero-order chi connectivity index (χ0) is 15.1. The predicted molar refractivity (Wildman–Crippen MR) is 85.2 cm³/mol. The lowest BCUT2D eigenvalue weighted by atomic mass is 9.91. The van der Waals surface area contributed by atoms with Crippen molar-refractivity contribution < 1.29 is 9.21 Å². The second kappa shape index (κ2) is 5.21. The van der Waals surface area contributed by atoms with Crippen LogP contribution in [0.15, 0.2) is 41.0 Å². The number of hydrogen-bond donors (Lipinski definition) is 2. The van der Waals surface area contributed by atoms with Crippen molar-refractivity contribution in [3.05, 3.63) is 58.6 Å².